The van der Waals surface area contributed by atoms with Gasteiger partial charge in [0.1, 0.15) is 4.90 Å². The topological polar surface area (TPSA) is 80.5 Å². The van der Waals surface area contributed by atoms with E-state index in [0.29, 0.717) is 0 Å². The third-order valence-electron chi connectivity index (χ3n) is 2.43. The molecule has 0 fully saturated rings. The lowest BCUT2D eigenvalue weighted by molar-refractivity contribution is 0.0891. The number of carbonyl (C=O) groups excluding carboxylic acids is 1. The third kappa shape index (κ3) is 1.25. The molecule has 0 saturated heterocycles. The number of hydrogen-bond donors (Lipinski definition) is 1. The van der Waals surface area contributed by atoms with Gasteiger partial charge in [0.05, 0.1) is 5.56 Å². The minimum absolute atomic E-state index is 0.0622. The standard InChI is InChI=1S/C9H10N2O3S/c1-11-9(12)7-4-6(5-10)2-3-8(7)15(11,13)14/h2-4H,5,10H2,1H3. The fourth-order valence-corrected chi connectivity index (χ4v) is 2.80. The Balaban J connectivity index is 2.72. The molecule has 0 spiro atoms. The molecule has 2 N–H and O–H groups in total. The average molecular weight is 226 g/mol. The predicted molar refractivity (Wildman–Crippen MR) is 53.6 cm³/mol. The molecule has 0 unspecified atom stereocenters. The molecular weight excluding hydrogens is 216 g/mol. The van der Waals surface area contributed by atoms with Crippen LogP contribution in [-0.4, -0.2) is 25.7 Å². The molecule has 0 aromatic heterocycles. The number of carbonyl (C=O) groups is 1. The molecule has 1 aromatic rings. The highest BCUT2D eigenvalue weighted by molar-refractivity contribution is 7.90. The fraction of sp³-hybridized carbons (Fsp3) is 0.222. The van der Waals surface area contributed by atoms with Crippen LogP contribution in [0.2, 0.25) is 0 Å². The Morgan fingerprint density at radius 3 is 2.67 bits per heavy atom. The van der Waals surface area contributed by atoms with Gasteiger partial charge < -0.3 is 5.73 Å². The third-order valence-corrected chi connectivity index (χ3v) is 4.23. The van der Waals surface area contributed by atoms with Crippen molar-refractivity contribution in [3.8, 4) is 0 Å². The van der Waals surface area contributed by atoms with Crippen LogP contribution in [-0.2, 0) is 16.6 Å². The minimum atomic E-state index is -3.62. The quantitative estimate of drug-likeness (QED) is 0.726. The number of hydrogen-bond acceptors (Lipinski definition) is 4. The van der Waals surface area contributed by atoms with Gasteiger partial charge in [-0.05, 0) is 17.7 Å². The van der Waals surface area contributed by atoms with E-state index in [1.807, 2.05) is 0 Å². The van der Waals surface area contributed by atoms with Crippen molar-refractivity contribution < 1.29 is 13.2 Å². The molecule has 5 nitrogen and oxygen atoms in total. The molecule has 2 rings (SSSR count). The highest BCUT2D eigenvalue weighted by Gasteiger charge is 2.38. The molecule has 15 heavy (non-hydrogen) atoms. The molecule has 0 bridgehead atoms. The molecule has 6 heteroatoms. The van der Waals surface area contributed by atoms with Crippen LogP contribution in [0.25, 0.3) is 0 Å². The first-order valence-corrected chi connectivity index (χ1v) is 5.78. The van der Waals surface area contributed by atoms with Crippen LogP contribution in [0.15, 0.2) is 23.1 Å². The Labute approximate surface area is 87.5 Å². The molecule has 0 radical (unpaired) electrons. The van der Waals surface area contributed by atoms with Crippen molar-refractivity contribution in [3.05, 3.63) is 29.3 Å². The van der Waals surface area contributed by atoms with Crippen LogP contribution < -0.4 is 5.73 Å². The molecule has 0 atom stereocenters. The van der Waals surface area contributed by atoms with Gasteiger partial charge in [0.2, 0.25) is 0 Å². The zero-order valence-corrected chi connectivity index (χ0v) is 8.91. The summed E-state index contributed by atoms with van der Waals surface area (Å²) in [5.41, 5.74) is 6.37. The lowest BCUT2D eigenvalue weighted by atomic mass is 10.1. The summed E-state index contributed by atoms with van der Waals surface area (Å²) in [7, 11) is -2.37. The van der Waals surface area contributed by atoms with Gasteiger partial charge in [0, 0.05) is 13.6 Å². The van der Waals surface area contributed by atoms with Crippen molar-refractivity contribution in [2.24, 2.45) is 5.73 Å². The molecule has 1 aliphatic heterocycles. The van der Waals surface area contributed by atoms with Crippen LogP contribution in [0.5, 0.6) is 0 Å². The van der Waals surface area contributed by atoms with Gasteiger partial charge in [-0.15, -0.1) is 0 Å². The smallest absolute Gasteiger partial charge is 0.268 e. The van der Waals surface area contributed by atoms with Gasteiger partial charge in [0.15, 0.2) is 0 Å². The monoisotopic (exact) mass is 226 g/mol. The highest BCUT2D eigenvalue weighted by Crippen LogP contribution is 2.29. The van der Waals surface area contributed by atoms with Gasteiger partial charge in [-0.3, -0.25) is 4.79 Å². The van der Waals surface area contributed by atoms with Gasteiger partial charge in [-0.1, -0.05) is 6.07 Å². The van der Waals surface area contributed by atoms with Crippen LogP contribution in [0.1, 0.15) is 15.9 Å². The van der Waals surface area contributed by atoms with Crippen LogP contribution in [0, 0.1) is 0 Å². The van der Waals surface area contributed by atoms with Crippen molar-refractivity contribution in [2.45, 2.75) is 11.4 Å². The van der Waals surface area contributed by atoms with E-state index in [4.69, 9.17) is 5.73 Å². The van der Waals surface area contributed by atoms with E-state index in [1.54, 1.807) is 6.07 Å². The van der Waals surface area contributed by atoms with E-state index in [9.17, 15) is 13.2 Å². The summed E-state index contributed by atoms with van der Waals surface area (Å²) in [5.74, 6) is -0.500. The van der Waals surface area contributed by atoms with E-state index in [2.05, 4.69) is 0 Å². The summed E-state index contributed by atoms with van der Waals surface area (Å²) in [6.45, 7) is 0.282. The maximum Gasteiger partial charge on any atom is 0.268 e. The second kappa shape index (κ2) is 3.04. The Kier molecular flexibility index (Phi) is 2.06. The minimum Gasteiger partial charge on any atom is -0.326 e. The molecule has 1 heterocycles. The summed E-state index contributed by atoms with van der Waals surface area (Å²) in [6, 6.07) is 4.57. The zero-order valence-electron chi connectivity index (χ0n) is 8.10. The highest BCUT2D eigenvalue weighted by atomic mass is 32.2. The first-order valence-electron chi connectivity index (χ1n) is 4.34. The number of sulfonamides is 1. The molecule has 0 aliphatic carbocycles. The van der Waals surface area contributed by atoms with Crippen molar-refractivity contribution in [1.82, 2.24) is 4.31 Å². The molecule has 0 saturated carbocycles. The number of nitrogens with two attached hydrogens (primary N) is 1. The molecule has 80 valence electrons. The largest absolute Gasteiger partial charge is 0.326 e. The lowest BCUT2D eigenvalue weighted by Crippen LogP contribution is -2.24. The van der Waals surface area contributed by atoms with Crippen molar-refractivity contribution in [2.75, 3.05) is 7.05 Å². The number of amides is 1. The average Bonchev–Trinajstić information content (AvgIpc) is 2.40. The Bertz CT molecular complexity index is 536. The molecule has 1 amide bonds. The van der Waals surface area contributed by atoms with Gasteiger partial charge >= 0.3 is 0 Å². The number of rotatable bonds is 1. The maximum absolute atomic E-state index is 11.7. The SMILES string of the molecule is CN1C(=O)c2cc(CN)ccc2S1(=O)=O. The number of benzene rings is 1. The van der Waals surface area contributed by atoms with E-state index < -0.39 is 15.9 Å². The fourth-order valence-electron chi connectivity index (χ4n) is 1.52. The summed E-state index contributed by atoms with van der Waals surface area (Å²) in [4.78, 5) is 11.6. The summed E-state index contributed by atoms with van der Waals surface area (Å²) < 4.78 is 24.1. The van der Waals surface area contributed by atoms with E-state index in [-0.39, 0.29) is 17.0 Å². The van der Waals surface area contributed by atoms with Gasteiger partial charge in [0.25, 0.3) is 15.9 Å². The Hall–Kier alpha value is -1.40. The van der Waals surface area contributed by atoms with Crippen molar-refractivity contribution in [1.29, 1.82) is 0 Å². The maximum atomic E-state index is 11.7. The van der Waals surface area contributed by atoms with E-state index >= 15 is 0 Å². The first kappa shape index (κ1) is 10.1. The summed E-state index contributed by atoms with van der Waals surface area (Å²) >= 11 is 0. The zero-order chi connectivity index (χ0) is 11.2. The lowest BCUT2D eigenvalue weighted by Gasteiger charge is -2.05. The van der Waals surface area contributed by atoms with Crippen LogP contribution in [0.4, 0.5) is 0 Å². The number of fused-ring (bicyclic) bond motifs is 1. The second-order valence-corrected chi connectivity index (χ2v) is 5.25. The summed E-state index contributed by atoms with van der Waals surface area (Å²) in [6.07, 6.45) is 0. The second-order valence-electron chi connectivity index (χ2n) is 3.31. The van der Waals surface area contributed by atoms with Gasteiger partial charge in [-0.2, -0.15) is 0 Å². The van der Waals surface area contributed by atoms with Gasteiger partial charge in [-0.25, -0.2) is 12.7 Å². The Morgan fingerprint density at radius 2 is 2.07 bits per heavy atom. The van der Waals surface area contributed by atoms with Crippen molar-refractivity contribution in [3.63, 3.8) is 0 Å². The normalized spacial score (nSPS) is 18.0. The van der Waals surface area contributed by atoms with E-state index in [0.717, 1.165) is 9.87 Å². The van der Waals surface area contributed by atoms with Crippen molar-refractivity contribution >= 4 is 15.9 Å². The predicted octanol–water partition coefficient (Wildman–Crippen LogP) is -0.0804. The van der Waals surface area contributed by atoms with Crippen LogP contribution in [0.3, 0.4) is 0 Å². The molecule has 1 aromatic carbocycles. The first-order chi connectivity index (χ1) is 6.98. The van der Waals surface area contributed by atoms with E-state index in [1.165, 1.54) is 19.2 Å². The Morgan fingerprint density at radius 1 is 1.40 bits per heavy atom. The summed E-state index contributed by atoms with van der Waals surface area (Å²) in [5, 5.41) is 0. The molecular formula is C9H10N2O3S. The molecule has 1 aliphatic rings. The van der Waals surface area contributed by atoms with Crippen LogP contribution >= 0.6 is 0 Å². The number of nitrogens with zero attached hydrogens (tertiary/aromatic N) is 1.